The number of hydrogen-bond acceptors (Lipinski definition) is 3. The molecule has 1 aliphatic rings. The van der Waals surface area contributed by atoms with E-state index in [0.717, 1.165) is 38.9 Å². The molecule has 1 heterocycles. The van der Waals surface area contributed by atoms with Crippen molar-refractivity contribution in [2.45, 2.75) is 128 Å². The van der Waals surface area contributed by atoms with Gasteiger partial charge in [-0.2, -0.15) is 0 Å². The number of carboxylic acids is 2. The first kappa shape index (κ1) is 27.9. The fraction of sp³-hybridized carbons (Fsp3) is 0.917. The number of aliphatic carboxylic acids is 2. The summed E-state index contributed by atoms with van der Waals surface area (Å²) in [4.78, 5) is 20.7. The first-order chi connectivity index (χ1) is 14.1. The minimum atomic E-state index is -0.673. The van der Waals surface area contributed by atoms with Crippen molar-refractivity contribution in [3.8, 4) is 0 Å². The van der Waals surface area contributed by atoms with Crippen molar-refractivity contribution in [1.82, 2.24) is 0 Å². The Labute approximate surface area is 178 Å². The van der Waals surface area contributed by atoms with Crippen LogP contribution in [0.1, 0.15) is 128 Å². The minimum Gasteiger partial charge on any atom is -0.481 e. The molecule has 0 bridgehead atoms. The second kappa shape index (κ2) is 23.2. The highest BCUT2D eigenvalue weighted by atomic mass is 16.5. The Balaban J connectivity index is 0.00000135. The van der Waals surface area contributed by atoms with E-state index < -0.39 is 11.9 Å². The van der Waals surface area contributed by atoms with E-state index in [-0.39, 0.29) is 0 Å². The molecule has 0 aromatic rings. The van der Waals surface area contributed by atoms with Crippen molar-refractivity contribution in [2.24, 2.45) is 0 Å². The molecule has 2 N–H and O–H groups in total. The Morgan fingerprint density at radius 1 is 0.483 bits per heavy atom. The molecular formula is C24H46O5. The fourth-order valence-corrected chi connectivity index (χ4v) is 3.54. The van der Waals surface area contributed by atoms with Crippen LogP contribution >= 0.6 is 0 Å². The van der Waals surface area contributed by atoms with Gasteiger partial charge in [0.15, 0.2) is 0 Å². The maximum atomic E-state index is 10.4. The van der Waals surface area contributed by atoms with E-state index in [0.29, 0.717) is 12.8 Å². The molecule has 0 spiro atoms. The Morgan fingerprint density at radius 2 is 0.724 bits per heavy atom. The van der Waals surface area contributed by atoms with Crippen molar-refractivity contribution in [3.05, 3.63) is 0 Å². The van der Waals surface area contributed by atoms with Crippen LogP contribution in [-0.4, -0.2) is 35.4 Å². The molecule has 1 saturated heterocycles. The summed E-state index contributed by atoms with van der Waals surface area (Å²) in [5.74, 6) is -1.35. The molecule has 29 heavy (non-hydrogen) atoms. The number of carbonyl (C=O) groups is 2. The van der Waals surface area contributed by atoms with E-state index in [2.05, 4.69) is 0 Å². The largest absolute Gasteiger partial charge is 0.481 e. The Kier molecular flexibility index (Phi) is 22.3. The van der Waals surface area contributed by atoms with Crippen LogP contribution in [-0.2, 0) is 14.3 Å². The molecular weight excluding hydrogens is 368 g/mol. The lowest BCUT2D eigenvalue weighted by molar-refractivity contribution is -0.138. The van der Waals surface area contributed by atoms with Gasteiger partial charge in [0, 0.05) is 26.1 Å². The summed E-state index contributed by atoms with van der Waals surface area (Å²) in [6.07, 6.45) is 22.4. The lowest BCUT2D eigenvalue weighted by Crippen LogP contribution is -1.93. The third-order valence-electron chi connectivity index (χ3n) is 5.36. The normalized spacial score (nSPS) is 13.1. The third kappa shape index (κ3) is 26.9. The van der Waals surface area contributed by atoms with Crippen molar-refractivity contribution < 1.29 is 24.5 Å². The summed E-state index contributed by atoms with van der Waals surface area (Å²) in [5.41, 5.74) is 0. The SMILES string of the molecule is C1CCOC1.O=C(O)CCCCCCCCCCCCCCCCCCC(=O)O. The maximum absolute atomic E-state index is 10.4. The molecule has 0 atom stereocenters. The van der Waals surface area contributed by atoms with Crippen LogP contribution in [0.3, 0.4) is 0 Å². The lowest BCUT2D eigenvalue weighted by atomic mass is 10.0. The van der Waals surface area contributed by atoms with E-state index in [9.17, 15) is 9.59 Å². The van der Waals surface area contributed by atoms with Crippen molar-refractivity contribution in [1.29, 1.82) is 0 Å². The highest BCUT2D eigenvalue weighted by Gasteiger charge is 1.98. The highest BCUT2D eigenvalue weighted by Crippen LogP contribution is 2.14. The van der Waals surface area contributed by atoms with Crippen molar-refractivity contribution in [3.63, 3.8) is 0 Å². The van der Waals surface area contributed by atoms with Gasteiger partial charge in [0.1, 0.15) is 0 Å². The van der Waals surface area contributed by atoms with Crippen molar-refractivity contribution in [2.75, 3.05) is 13.2 Å². The number of hydrogen-bond donors (Lipinski definition) is 2. The maximum Gasteiger partial charge on any atom is 0.303 e. The summed E-state index contributed by atoms with van der Waals surface area (Å²) in [6.45, 7) is 2.00. The molecule has 0 radical (unpaired) electrons. The zero-order chi connectivity index (χ0) is 21.4. The molecule has 0 aliphatic carbocycles. The van der Waals surface area contributed by atoms with Crippen LogP contribution in [0.5, 0.6) is 0 Å². The molecule has 0 saturated carbocycles. The molecule has 5 heteroatoms. The quantitative estimate of drug-likeness (QED) is 0.223. The highest BCUT2D eigenvalue weighted by molar-refractivity contribution is 5.66. The van der Waals surface area contributed by atoms with Crippen molar-refractivity contribution >= 4 is 11.9 Å². The van der Waals surface area contributed by atoms with E-state index in [1.807, 2.05) is 0 Å². The number of unbranched alkanes of at least 4 members (excludes halogenated alkanes) is 15. The van der Waals surface area contributed by atoms with Crippen LogP contribution in [0.25, 0.3) is 0 Å². The van der Waals surface area contributed by atoms with Gasteiger partial charge in [-0.15, -0.1) is 0 Å². The van der Waals surface area contributed by atoms with Gasteiger partial charge >= 0.3 is 11.9 Å². The van der Waals surface area contributed by atoms with Gasteiger partial charge < -0.3 is 14.9 Å². The summed E-state index contributed by atoms with van der Waals surface area (Å²) < 4.78 is 4.94. The Morgan fingerprint density at radius 3 is 0.897 bits per heavy atom. The smallest absolute Gasteiger partial charge is 0.303 e. The predicted octanol–water partition coefficient (Wildman–Crippen LogP) is 6.97. The second-order valence-electron chi connectivity index (χ2n) is 8.26. The van der Waals surface area contributed by atoms with Gasteiger partial charge in [-0.25, -0.2) is 0 Å². The summed E-state index contributed by atoms with van der Waals surface area (Å²) in [5, 5.41) is 17.1. The van der Waals surface area contributed by atoms with Gasteiger partial charge in [0.25, 0.3) is 0 Å². The predicted molar refractivity (Wildman–Crippen MR) is 118 cm³/mol. The number of rotatable bonds is 19. The average molecular weight is 415 g/mol. The van der Waals surface area contributed by atoms with Gasteiger partial charge in [-0.1, -0.05) is 89.9 Å². The standard InChI is InChI=1S/C20H38O4.C4H8O/c21-19(22)17-15-13-11-9-7-5-3-1-2-4-6-8-10-12-14-16-18-20(23)24;1-2-4-5-3-1/h1-18H2,(H,21,22)(H,23,24);1-4H2. The summed E-state index contributed by atoms with van der Waals surface area (Å²) in [6, 6.07) is 0. The number of ether oxygens (including phenoxy) is 1. The molecule has 172 valence electrons. The molecule has 5 nitrogen and oxygen atoms in total. The fourth-order valence-electron chi connectivity index (χ4n) is 3.54. The molecule has 0 unspecified atom stereocenters. The summed E-state index contributed by atoms with van der Waals surface area (Å²) in [7, 11) is 0. The zero-order valence-corrected chi connectivity index (χ0v) is 18.7. The van der Waals surface area contributed by atoms with E-state index in [4.69, 9.17) is 14.9 Å². The van der Waals surface area contributed by atoms with Crippen LogP contribution in [0, 0.1) is 0 Å². The topological polar surface area (TPSA) is 83.8 Å². The first-order valence-electron chi connectivity index (χ1n) is 12.1. The van der Waals surface area contributed by atoms with E-state index in [1.54, 1.807) is 0 Å². The third-order valence-corrected chi connectivity index (χ3v) is 5.36. The molecule has 0 aromatic heterocycles. The molecule has 0 amide bonds. The van der Waals surface area contributed by atoms with E-state index in [1.165, 1.54) is 89.9 Å². The van der Waals surface area contributed by atoms with Gasteiger partial charge in [-0.3, -0.25) is 9.59 Å². The number of carboxylic acid groups (broad SMARTS) is 2. The Bertz CT molecular complexity index is 329. The monoisotopic (exact) mass is 414 g/mol. The molecule has 1 fully saturated rings. The Hall–Kier alpha value is -1.10. The minimum absolute atomic E-state index is 0.322. The second-order valence-corrected chi connectivity index (χ2v) is 8.26. The van der Waals surface area contributed by atoms with Gasteiger partial charge in [0.2, 0.25) is 0 Å². The van der Waals surface area contributed by atoms with Gasteiger partial charge in [0.05, 0.1) is 0 Å². The van der Waals surface area contributed by atoms with Crippen LogP contribution < -0.4 is 0 Å². The first-order valence-corrected chi connectivity index (χ1v) is 12.1. The zero-order valence-electron chi connectivity index (χ0n) is 18.7. The molecule has 1 rings (SSSR count). The lowest BCUT2D eigenvalue weighted by Gasteiger charge is -2.03. The van der Waals surface area contributed by atoms with Crippen LogP contribution in [0.4, 0.5) is 0 Å². The van der Waals surface area contributed by atoms with Gasteiger partial charge in [-0.05, 0) is 25.7 Å². The van der Waals surface area contributed by atoms with E-state index >= 15 is 0 Å². The van der Waals surface area contributed by atoms with Crippen LogP contribution in [0.2, 0.25) is 0 Å². The summed E-state index contributed by atoms with van der Waals surface area (Å²) >= 11 is 0. The average Bonchev–Trinajstić information content (AvgIpc) is 3.26. The molecule has 1 aliphatic heterocycles. The van der Waals surface area contributed by atoms with Crippen LogP contribution in [0.15, 0.2) is 0 Å². The molecule has 0 aromatic carbocycles.